The van der Waals surface area contributed by atoms with Crippen molar-refractivity contribution in [2.24, 2.45) is 5.92 Å². The molecule has 0 spiro atoms. The highest BCUT2D eigenvalue weighted by atomic mass is 16.5. The molecule has 1 aliphatic rings. The molecule has 0 saturated heterocycles. The van der Waals surface area contributed by atoms with Gasteiger partial charge in [-0.2, -0.15) is 0 Å². The van der Waals surface area contributed by atoms with E-state index in [1.165, 1.54) is 25.7 Å². The molecule has 0 aromatic rings. The summed E-state index contributed by atoms with van der Waals surface area (Å²) in [6.45, 7) is 6.99. The highest BCUT2D eigenvalue weighted by molar-refractivity contribution is 5.05. The molecule has 0 aromatic carbocycles. The van der Waals surface area contributed by atoms with Gasteiger partial charge in [0.1, 0.15) is 0 Å². The van der Waals surface area contributed by atoms with Gasteiger partial charge in [0.2, 0.25) is 0 Å². The Hall–Kier alpha value is -0.380. The third-order valence-electron chi connectivity index (χ3n) is 3.15. The molecule has 106 valence electrons. The van der Waals surface area contributed by atoms with Crippen molar-refractivity contribution in [1.82, 2.24) is 5.32 Å². The van der Waals surface area contributed by atoms with Crippen molar-refractivity contribution >= 4 is 0 Å². The van der Waals surface area contributed by atoms with Crippen LogP contribution < -0.4 is 5.32 Å². The molecule has 0 saturated carbocycles. The molecule has 0 bridgehead atoms. The Bertz CT molecular complexity index is 239. The van der Waals surface area contributed by atoms with Crippen LogP contribution in [0.4, 0.5) is 0 Å². The second kappa shape index (κ2) is 9.54. The van der Waals surface area contributed by atoms with Crippen LogP contribution >= 0.6 is 0 Å². The predicted molar refractivity (Wildman–Crippen MR) is 75.7 cm³/mol. The van der Waals surface area contributed by atoms with E-state index in [0.29, 0.717) is 19.1 Å². The number of hydrogen-bond donors (Lipinski definition) is 2. The number of rotatable bonds is 9. The molecule has 1 atom stereocenters. The fourth-order valence-electron chi connectivity index (χ4n) is 2.15. The monoisotopic (exact) mass is 255 g/mol. The number of aliphatic hydroxyl groups is 1. The highest BCUT2D eigenvalue weighted by Gasteiger charge is 2.06. The lowest BCUT2D eigenvalue weighted by molar-refractivity contribution is 0.0263. The molecule has 3 heteroatoms. The summed E-state index contributed by atoms with van der Waals surface area (Å²) in [4.78, 5) is 0. The van der Waals surface area contributed by atoms with Crippen LogP contribution in [0.15, 0.2) is 11.6 Å². The second-order valence-corrected chi connectivity index (χ2v) is 5.65. The van der Waals surface area contributed by atoms with Gasteiger partial charge < -0.3 is 15.2 Å². The van der Waals surface area contributed by atoms with E-state index in [4.69, 9.17) is 4.74 Å². The Morgan fingerprint density at radius 1 is 1.33 bits per heavy atom. The summed E-state index contributed by atoms with van der Waals surface area (Å²) >= 11 is 0. The zero-order chi connectivity index (χ0) is 13.2. The van der Waals surface area contributed by atoms with Gasteiger partial charge in [-0.05, 0) is 44.6 Å². The Morgan fingerprint density at radius 3 is 2.83 bits per heavy atom. The maximum Gasteiger partial charge on any atom is 0.0897 e. The molecule has 1 rings (SSSR count). The summed E-state index contributed by atoms with van der Waals surface area (Å²) in [6, 6.07) is 0. The predicted octanol–water partition coefficient (Wildman–Crippen LogP) is 2.50. The third-order valence-corrected chi connectivity index (χ3v) is 3.15. The standard InChI is InChI=1S/C15H29NO2/c1-13(2)11-18-12-15(17)10-16-9-8-14-6-4-3-5-7-14/h6,13,15-17H,3-5,7-12H2,1-2H3. The maximum absolute atomic E-state index is 9.70. The van der Waals surface area contributed by atoms with Crippen LogP contribution in [0, 0.1) is 5.92 Å². The summed E-state index contributed by atoms with van der Waals surface area (Å²) in [5, 5.41) is 13.0. The molecule has 0 fully saturated rings. The van der Waals surface area contributed by atoms with Crippen LogP contribution in [0.3, 0.4) is 0 Å². The molecule has 0 aliphatic heterocycles. The number of nitrogens with one attached hydrogen (secondary N) is 1. The van der Waals surface area contributed by atoms with Crippen LogP contribution in [0.2, 0.25) is 0 Å². The summed E-state index contributed by atoms with van der Waals surface area (Å²) < 4.78 is 5.40. The minimum absolute atomic E-state index is 0.385. The van der Waals surface area contributed by atoms with Crippen molar-refractivity contribution in [3.8, 4) is 0 Å². The first-order valence-corrected chi connectivity index (χ1v) is 7.33. The lowest BCUT2D eigenvalue weighted by Gasteiger charge is -2.15. The van der Waals surface area contributed by atoms with Crippen LogP contribution in [0.5, 0.6) is 0 Å². The molecular weight excluding hydrogens is 226 g/mol. The van der Waals surface area contributed by atoms with Gasteiger partial charge in [-0.15, -0.1) is 0 Å². The molecule has 1 aliphatic carbocycles. The Morgan fingerprint density at radius 2 is 2.17 bits per heavy atom. The van der Waals surface area contributed by atoms with E-state index in [2.05, 4.69) is 25.2 Å². The van der Waals surface area contributed by atoms with E-state index >= 15 is 0 Å². The molecule has 0 aromatic heterocycles. The first-order valence-electron chi connectivity index (χ1n) is 7.33. The molecule has 18 heavy (non-hydrogen) atoms. The first kappa shape index (κ1) is 15.7. The fraction of sp³-hybridized carbons (Fsp3) is 0.867. The lowest BCUT2D eigenvalue weighted by atomic mass is 9.97. The van der Waals surface area contributed by atoms with Crippen molar-refractivity contribution in [2.45, 2.75) is 52.1 Å². The average molecular weight is 255 g/mol. The Kier molecular flexibility index (Phi) is 8.31. The minimum Gasteiger partial charge on any atom is -0.389 e. The SMILES string of the molecule is CC(C)COCC(O)CNCCC1=CCCCC1. The summed E-state index contributed by atoms with van der Waals surface area (Å²) in [5.41, 5.74) is 1.58. The van der Waals surface area contributed by atoms with E-state index in [-0.39, 0.29) is 6.10 Å². The van der Waals surface area contributed by atoms with Gasteiger partial charge >= 0.3 is 0 Å². The zero-order valence-electron chi connectivity index (χ0n) is 12.0. The molecule has 2 N–H and O–H groups in total. The lowest BCUT2D eigenvalue weighted by Crippen LogP contribution is -2.31. The minimum atomic E-state index is -0.385. The van der Waals surface area contributed by atoms with Gasteiger partial charge in [0.15, 0.2) is 0 Å². The van der Waals surface area contributed by atoms with E-state index in [9.17, 15) is 5.11 Å². The molecule has 3 nitrogen and oxygen atoms in total. The van der Waals surface area contributed by atoms with Crippen molar-refractivity contribution in [3.05, 3.63) is 11.6 Å². The van der Waals surface area contributed by atoms with Gasteiger partial charge in [-0.25, -0.2) is 0 Å². The largest absolute Gasteiger partial charge is 0.389 e. The molecule has 0 amide bonds. The normalized spacial score (nSPS) is 17.9. The van der Waals surface area contributed by atoms with Crippen LogP contribution in [0.1, 0.15) is 46.0 Å². The van der Waals surface area contributed by atoms with Crippen LogP contribution in [-0.2, 0) is 4.74 Å². The molecule has 0 heterocycles. The summed E-state index contributed by atoms with van der Waals surface area (Å²) in [6.07, 6.45) is 8.33. The molecule has 1 unspecified atom stereocenters. The van der Waals surface area contributed by atoms with Crippen LogP contribution in [0.25, 0.3) is 0 Å². The Balaban J connectivity index is 1.94. The van der Waals surface area contributed by atoms with Gasteiger partial charge in [-0.3, -0.25) is 0 Å². The quantitative estimate of drug-likeness (QED) is 0.491. The Labute approximate surface area is 112 Å². The molecular formula is C15H29NO2. The van der Waals surface area contributed by atoms with Gasteiger partial charge in [-0.1, -0.05) is 25.5 Å². The van der Waals surface area contributed by atoms with E-state index < -0.39 is 0 Å². The van der Waals surface area contributed by atoms with Gasteiger partial charge in [0.05, 0.1) is 12.7 Å². The molecule has 0 radical (unpaired) electrons. The fourth-order valence-corrected chi connectivity index (χ4v) is 2.15. The van der Waals surface area contributed by atoms with Crippen LogP contribution in [-0.4, -0.2) is 37.5 Å². The van der Waals surface area contributed by atoms with E-state index in [0.717, 1.165) is 19.6 Å². The van der Waals surface area contributed by atoms with Gasteiger partial charge in [0.25, 0.3) is 0 Å². The first-order chi connectivity index (χ1) is 8.68. The van der Waals surface area contributed by atoms with E-state index in [1.54, 1.807) is 5.57 Å². The zero-order valence-corrected chi connectivity index (χ0v) is 12.0. The number of allylic oxidation sites excluding steroid dienone is 1. The van der Waals surface area contributed by atoms with Crippen molar-refractivity contribution < 1.29 is 9.84 Å². The summed E-state index contributed by atoms with van der Waals surface area (Å²) in [5.74, 6) is 0.531. The summed E-state index contributed by atoms with van der Waals surface area (Å²) in [7, 11) is 0. The second-order valence-electron chi connectivity index (χ2n) is 5.65. The number of aliphatic hydroxyl groups excluding tert-OH is 1. The van der Waals surface area contributed by atoms with Crippen molar-refractivity contribution in [3.63, 3.8) is 0 Å². The maximum atomic E-state index is 9.70. The number of hydrogen-bond acceptors (Lipinski definition) is 3. The van der Waals surface area contributed by atoms with Crippen molar-refractivity contribution in [1.29, 1.82) is 0 Å². The third kappa shape index (κ3) is 7.85. The topological polar surface area (TPSA) is 41.5 Å². The average Bonchev–Trinajstić information content (AvgIpc) is 2.35. The van der Waals surface area contributed by atoms with Crippen molar-refractivity contribution in [2.75, 3.05) is 26.3 Å². The smallest absolute Gasteiger partial charge is 0.0897 e. The number of ether oxygens (including phenoxy) is 1. The van der Waals surface area contributed by atoms with Gasteiger partial charge in [0, 0.05) is 13.2 Å². The highest BCUT2D eigenvalue weighted by Crippen LogP contribution is 2.19. The van der Waals surface area contributed by atoms with E-state index in [1.807, 2.05) is 0 Å².